The molecule has 1 atom stereocenters. The number of hydrogen-bond acceptors (Lipinski definition) is 2. The van der Waals surface area contributed by atoms with Gasteiger partial charge >= 0.3 is 0 Å². The van der Waals surface area contributed by atoms with Crippen molar-refractivity contribution in [1.82, 2.24) is 10.6 Å². The highest BCUT2D eigenvalue weighted by molar-refractivity contribution is 9.10. The summed E-state index contributed by atoms with van der Waals surface area (Å²) in [7, 11) is 0. The summed E-state index contributed by atoms with van der Waals surface area (Å²) in [5.41, 5.74) is 0.494. The molecule has 106 valence electrons. The lowest BCUT2D eigenvalue weighted by atomic mass is 10.2. The number of carbonyl (C=O) groups excluding carboxylic acids is 1. The van der Waals surface area contributed by atoms with Crippen molar-refractivity contribution in [3.8, 4) is 0 Å². The van der Waals surface area contributed by atoms with Crippen molar-refractivity contribution in [2.75, 3.05) is 0 Å². The quantitative estimate of drug-likeness (QED) is 0.607. The first-order chi connectivity index (χ1) is 8.70. The smallest absolute Gasteiger partial charge is 0.252 e. The van der Waals surface area contributed by atoms with Crippen molar-refractivity contribution in [3.05, 3.63) is 34.3 Å². The molecule has 1 rings (SSSR count). The van der Waals surface area contributed by atoms with E-state index in [1.54, 1.807) is 24.3 Å². The Kier molecular flexibility index (Phi) is 6.40. The van der Waals surface area contributed by atoms with Crippen molar-refractivity contribution in [1.29, 1.82) is 0 Å². The van der Waals surface area contributed by atoms with E-state index in [-0.39, 0.29) is 11.9 Å². The van der Waals surface area contributed by atoms with Crippen LogP contribution in [0.15, 0.2) is 28.7 Å². The highest BCUT2D eigenvalue weighted by Crippen LogP contribution is 2.29. The Morgan fingerprint density at radius 1 is 1.21 bits per heavy atom. The van der Waals surface area contributed by atoms with Gasteiger partial charge in [0.2, 0.25) is 3.79 Å². The molecule has 0 heterocycles. The summed E-state index contributed by atoms with van der Waals surface area (Å²) in [6.45, 7) is 3.80. The van der Waals surface area contributed by atoms with E-state index in [0.29, 0.717) is 5.56 Å². The molecular weight excluding hydrogens is 374 g/mol. The molecule has 0 saturated heterocycles. The Morgan fingerprint density at radius 3 is 2.16 bits per heavy atom. The largest absolute Gasteiger partial charge is 0.333 e. The van der Waals surface area contributed by atoms with Crippen molar-refractivity contribution in [3.63, 3.8) is 0 Å². The van der Waals surface area contributed by atoms with Crippen LogP contribution in [0.3, 0.4) is 0 Å². The maximum atomic E-state index is 12.1. The fraction of sp³-hybridized carbons (Fsp3) is 0.417. The molecule has 1 amide bonds. The van der Waals surface area contributed by atoms with Gasteiger partial charge in [-0.3, -0.25) is 10.1 Å². The molecule has 19 heavy (non-hydrogen) atoms. The minimum Gasteiger partial charge on any atom is -0.333 e. The van der Waals surface area contributed by atoms with Crippen LogP contribution in [0.2, 0.25) is 0 Å². The van der Waals surface area contributed by atoms with Crippen LogP contribution < -0.4 is 10.6 Å². The highest BCUT2D eigenvalue weighted by atomic mass is 79.9. The number of benzene rings is 1. The second-order valence-corrected chi connectivity index (χ2v) is 7.56. The predicted octanol–water partition coefficient (Wildman–Crippen LogP) is 3.87. The first kappa shape index (κ1) is 17.1. The van der Waals surface area contributed by atoms with E-state index >= 15 is 0 Å². The molecule has 7 heteroatoms. The third-order valence-electron chi connectivity index (χ3n) is 2.21. The summed E-state index contributed by atoms with van der Waals surface area (Å²) < 4.78 is -0.739. The summed E-state index contributed by atoms with van der Waals surface area (Å²) in [5, 5.41) is 5.66. The van der Waals surface area contributed by atoms with Gasteiger partial charge < -0.3 is 5.32 Å². The third kappa shape index (κ3) is 5.88. The maximum absolute atomic E-state index is 12.1. The van der Waals surface area contributed by atoms with E-state index in [2.05, 4.69) is 26.6 Å². The van der Waals surface area contributed by atoms with Crippen molar-refractivity contribution < 1.29 is 4.79 Å². The normalized spacial score (nSPS) is 13.4. The van der Waals surface area contributed by atoms with Crippen LogP contribution in [0.25, 0.3) is 0 Å². The molecule has 0 spiro atoms. The topological polar surface area (TPSA) is 41.1 Å². The lowest BCUT2D eigenvalue weighted by Crippen LogP contribution is -2.55. The summed E-state index contributed by atoms with van der Waals surface area (Å²) in [5.74, 6) is -0.308. The number of hydrogen-bond donors (Lipinski definition) is 2. The molecule has 2 N–H and O–H groups in total. The fourth-order valence-electron chi connectivity index (χ4n) is 1.37. The molecule has 0 aliphatic rings. The van der Waals surface area contributed by atoms with E-state index < -0.39 is 9.96 Å². The average Bonchev–Trinajstić information content (AvgIpc) is 2.27. The van der Waals surface area contributed by atoms with Crippen LogP contribution in [0.1, 0.15) is 24.2 Å². The molecule has 0 bridgehead atoms. The van der Waals surface area contributed by atoms with Crippen LogP contribution in [0.5, 0.6) is 0 Å². The Morgan fingerprint density at radius 2 is 1.74 bits per heavy atom. The Balaban J connectivity index is 2.79. The Bertz CT molecular complexity index is 432. The molecule has 1 unspecified atom stereocenters. The van der Waals surface area contributed by atoms with Crippen molar-refractivity contribution in [2.45, 2.75) is 29.8 Å². The summed E-state index contributed by atoms with van der Waals surface area (Å²) in [6.07, 6.45) is -0.770. The summed E-state index contributed by atoms with van der Waals surface area (Å²) >= 11 is 20.8. The minimum atomic E-state index is -1.63. The van der Waals surface area contributed by atoms with Gasteiger partial charge in [-0.25, -0.2) is 0 Å². The standard InChI is InChI=1S/C12H14BrCl3N2O/c1-7(2)17-11(12(14,15)16)18-10(19)8-3-5-9(13)6-4-8/h3-7,11,17H,1-2H3,(H,18,19). The molecule has 0 radical (unpaired) electrons. The zero-order chi connectivity index (χ0) is 14.6. The van der Waals surface area contributed by atoms with Gasteiger partial charge in [0.05, 0.1) is 0 Å². The monoisotopic (exact) mass is 386 g/mol. The van der Waals surface area contributed by atoms with Crippen molar-refractivity contribution in [2.24, 2.45) is 0 Å². The van der Waals surface area contributed by atoms with E-state index in [9.17, 15) is 4.79 Å². The molecule has 0 fully saturated rings. The molecule has 1 aromatic rings. The van der Waals surface area contributed by atoms with Crippen LogP contribution in [-0.4, -0.2) is 21.9 Å². The SMILES string of the molecule is CC(C)NC(NC(=O)c1ccc(Br)cc1)C(Cl)(Cl)Cl. The molecule has 0 aliphatic heterocycles. The summed E-state index contributed by atoms with van der Waals surface area (Å²) in [4.78, 5) is 12.1. The zero-order valence-electron chi connectivity index (χ0n) is 10.4. The van der Waals surface area contributed by atoms with E-state index in [1.165, 1.54) is 0 Å². The third-order valence-corrected chi connectivity index (χ3v) is 3.39. The number of halogens is 4. The molecule has 0 saturated carbocycles. The van der Waals surface area contributed by atoms with Crippen molar-refractivity contribution >= 4 is 56.6 Å². The van der Waals surface area contributed by atoms with Gasteiger partial charge in [-0.05, 0) is 38.1 Å². The fourth-order valence-corrected chi connectivity index (χ4v) is 1.98. The Labute approximate surface area is 136 Å². The number of carbonyl (C=O) groups is 1. The first-order valence-corrected chi connectivity index (χ1v) is 7.52. The second-order valence-electron chi connectivity index (χ2n) is 4.28. The van der Waals surface area contributed by atoms with Gasteiger partial charge in [-0.15, -0.1) is 0 Å². The maximum Gasteiger partial charge on any atom is 0.252 e. The van der Waals surface area contributed by atoms with Crippen LogP contribution in [0.4, 0.5) is 0 Å². The van der Waals surface area contributed by atoms with Crippen LogP contribution >= 0.6 is 50.7 Å². The molecule has 1 aromatic carbocycles. The van der Waals surface area contributed by atoms with Crippen LogP contribution in [-0.2, 0) is 0 Å². The molecule has 3 nitrogen and oxygen atoms in total. The second kappa shape index (κ2) is 7.14. The van der Waals surface area contributed by atoms with Gasteiger partial charge in [0.1, 0.15) is 6.17 Å². The van der Waals surface area contributed by atoms with Crippen LogP contribution in [0, 0.1) is 0 Å². The van der Waals surface area contributed by atoms with Gasteiger partial charge in [0.25, 0.3) is 5.91 Å². The highest BCUT2D eigenvalue weighted by Gasteiger charge is 2.34. The number of nitrogens with one attached hydrogen (secondary N) is 2. The molecule has 0 aliphatic carbocycles. The number of rotatable bonds is 4. The lowest BCUT2D eigenvalue weighted by Gasteiger charge is -2.28. The minimum absolute atomic E-state index is 0.0610. The number of amides is 1. The first-order valence-electron chi connectivity index (χ1n) is 5.59. The van der Waals surface area contributed by atoms with Gasteiger partial charge in [0, 0.05) is 16.1 Å². The molecule has 0 aromatic heterocycles. The predicted molar refractivity (Wildman–Crippen MR) is 84.0 cm³/mol. The van der Waals surface area contributed by atoms with Gasteiger partial charge in [0.15, 0.2) is 0 Å². The summed E-state index contributed by atoms with van der Waals surface area (Å²) in [6, 6.07) is 6.98. The Hall–Kier alpha value is -0.000000000000000111. The zero-order valence-corrected chi connectivity index (χ0v) is 14.2. The van der Waals surface area contributed by atoms with Gasteiger partial charge in [-0.1, -0.05) is 50.7 Å². The van der Waals surface area contributed by atoms with Gasteiger partial charge in [-0.2, -0.15) is 0 Å². The van der Waals surface area contributed by atoms with E-state index in [1.807, 2.05) is 13.8 Å². The molecular formula is C12H14BrCl3N2O. The van der Waals surface area contributed by atoms with E-state index in [4.69, 9.17) is 34.8 Å². The van der Waals surface area contributed by atoms with E-state index in [0.717, 1.165) is 4.47 Å². The lowest BCUT2D eigenvalue weighted by molar-refractivity contribution is 0.0928. The number of alkyl halides is 3. The average molecular weight is 389 g/mol.